The molecule has 0 aliphatic heterocycles. The van der Waals surface area contributed by atoms with E-state index in [0.29, 0.717) is 11.2 Å². The first-order chi connectivity index (χ1) is 13.3. The van der Waals surface area contributed by atoms with Crippen LogP contribution in [-0.4, -0.2) is 23.5 Å². The molecule has 2 aromatic carbocycles. The van der Waals surface area contributed by atoms with Crippen LogP contribution in [-0.2, 0) is 4.74 Å². The highest BCUT2D eigenvalue weighted by Crippen LogP contribution is 2.34. The fourth-order valence-corrected chi connectivity index (χ4v) is 3.22. The lowest BCUT2D eigenvalue weighted by Gasteiger charge is -2.19. The van der Waals surface area contributed by atoms with Crippen molar-refractivity contribution in [2.45, 2.75) is 27.7 Å². The van der Waals surface area contributed by atoms with E-state index >= 15 is 0 Å². The van der Waals surface area contributed by atoms with Gasteiger partial charge in [-0.25, -0.2) is 9.78 Å². The summed E-state index contributed by atoms with van der Waals surface area (Å²) in [6.45, 7) is 7.78. The van der Waals surface area contributed by atoms with Gasteiger partial charge in [0.05, 0.1) is 17.8 Å². The highest BCUT2D eigenvalue weighted by molar-refractivity contribution is 6.13. The predicted molar refractivity (Wildman–Crippen MR) is 110 cm³/mol. The third kappa shape index (κ3) is 3.53. The molecule has 0 aliphatic carbocycles. The average Bonchev–Trinajstić information content (AvgIpc) is 2.64. The summed E-state index contributed by atoms with van der Waals surface area (Å²) in [6, 6.07) is 11.5. The number of hydrogen-bond donors (Lipinski definition) is 2. The number of fused-ring (bicyclic) bond motifs is 1. The zero-order chi connectivity index (χ0) is 20.4. The van der Waals surface area contributed by atoms with Gasteiger partial charge >= 0.3 is 5.97 Å². The van der Waals surface area contributed by atoms with Gasteiger partial charge in [0.25, 0.3) is 5.91 Å². The number of benzene rings is 2. The largest absolute Gasteiger partial charge is 0.462 e. The summed E-state index contributed by atoms with van der Waals surface area (Å²) in [7, 11) is 0. The zero-order valence-electron chi connectivity index (χ0n) is 16.4. The van der Waals surface area contributed by atoms with E-state index in [9.17, 15) is 9.59 Å². The number of nitrogens with two attached hydrogens (primary N) is 1. The van der Waals surface area contributed by atoms with Crippen molar-refractivity contribution >= 4 is 34.2 Å². The maximum atomic E-state index is 12.8. The smallest absolute Gasteiger partial charge is 0.342 e. The second-order valence-corrected chi connectivity index (χ2v) is 6.71. The van der Waals surface area contributed by atoms with Gasteiger partial charge in [0.1, 0.15) is 11.3 Å². The van der Waals surface area contributed by atoms with Gasteiger partial charge in [-0.1, -0.05) is 29.8 Å². The lowest BCUT2D eigenvalue weighted by Crippen LogP contribution is -2.21. The number of nitrogens with zero attached hydrogens (tertiary/aromatic N) is 1. The molecule has 6 nitrogen and oxygen atoms in total. The second kappa shape index (κ2) is 7.68. The van der Waals surface area contributed by atoms with E-state index in [-0.39, 0.29) is 17.9 Å². The van der Waals surface area contributed by atoms with E-state index in [1.165, 1.54) is 0 Å². The molecule has 0 bridgehead atoms. The number of carbonyl (C=O) groups is 2. The molecule has 6 heteroatoms. The summed E-state index contributed by atoms with van der Waals surface area (Å²) in [5, 5.41) is 4.08. The van der Waals surface area contributed by atoms with Gasteiger partial charge in [-0.05, 0) is 51.0 Å². The van der Waals surface area contributed by atoms with Crippen molar-refractivity contribution in [3.8, 4) is 0 Å². The molecular weight excluding hydrogens is 354 g/mol. The topological polar surface area (TPSA) is 94.3 Å². The number of nitrogens with one attached hydrogen (secondary N) is 1. The van der Waals surface area contributed by atoms with Crippen molar-refractivity contribution in [2.24, 2.45) is 5.73 Å². The minimum absolute atomic E-state index is 0.0510. The van der Waals surface area contributed by atoms with E-state index in [0.717, 1.165) is 27.8 Å². The summed E-state index contributed by atoms with van der Waals surface area (Å²) in [6.07, 6.45) is 0. The quantitative estimate of drug-likeness (QED) is 0.651. The molecule has 0 radical (unpaired) electrons. The number of aromatic nitrogens is 1. The molecule has 3 aromatic rings. The number of rotatable bonds is 5. The molecule has 144 valence electrons. The molecule has 0 aliphatic rings. The fraction of sp³-hybridized carbons (Fsp3) is 0.227. The number of anilines is 2. The number of carbonyl (C=O) groups excluding carboxylic acids is 2. The van der Waals surface area contributed by atoms with Crippen molar-refractivity contribution in [2.75, 3.05) is 11.9 Å². The van der Waals surface area contributed by atoms with Gasteiger partial charge in [-0.2, -0.15) is 0 Å². The minimum Gasteiger partial charge on any atom is -0.462 e. The molecule has 0 atom stereocenters. The van der Waals surface area contributed by atoms with Crippen molar-refractivity contribution in [3.63, 3.8) is 0 Å². The van der Waals surface area contributed by atoms with Crippen LogP contribution in [0, 0.1) is 20.8 Å². The average molecular weight is 377 g/mol. The Balaban J connectivity index is 2.38. The highest BCUT2D eigenvalue weighted by Gasteiger charge is 2.26. The molecule has 3 rings (SSSR count). The first-order valence-corrected chi connectivity index (χ1v) is 9.08. The number of esters is 1. The van der Waals surface area contributed by atoms with Gasteiger partial charge in [0.15, 0.2) is 0 Å². The molecule has 0 saturated carbocycles. The van der Waals surface area contributed by atoms with Crippen LogP contribution in [0.2, 0.25) is 0 Å². The molecule has 0 spiro atoms. The Morgan fingerprint density at radius 2 is 1.75 bits per heavy atom. The molecule has 0 saturated heterocycles. The lowest BCUT2D eigenvalue weighted by atomic mass is 10.0. The van der Waals surface area contributed by atoms with Crippen molar-refractivity contribution < 1.29 is 14.3 Å². The summed E-state index contributed by atoms with van der Waals surface area (Å²) < 4.78 is 5.21. The molecule has 1 aromatic heterocycles. The number of primary amides is 1. The standard InChI is InChI=1S/C22H23N3O3/c1-5-28-22(27)17-19(25-18-13(3)7-6-8-14(18)4)15-11-12(2)9-10-16(15)24-20(17)21(23)26/h6-11H,5H2,1-4H3,(H2,23,26)(H,24,25). The summed E-state index contributed by atoms with van der Waals surface area (Å²) in [5.74, 6) is -1.42. The SMILES string of the molecule is CCOC(=O)c1c(C(N)=O)nc2ccc(C)cc2c1Nc1c(C)cccc1C. The number of aryl methyl sites for hydroxylation is 3. The van der Waals surface area contributed by atoms with Gasteiger partial charge in [-0.3, -0.25) is 4.79 Å². The number of amides is 1. The summed E-state index contributed by atoms with van der Waals surface area (Å²) in [4.78, 5) is 29.2. The monoisotopic (exact) mass is 377 g/mol. The third-order valence-corrected chi connectivity index (χ3v) is 4.58. The second-order valence-electron chi connectivity index (χ2n) is 6.71. The predicted octanol–water partition coefficient (Wildman–Crippen LogP) is 4.18. The van der Waals surface area contributed by atoms with Crippen molar-refractivity contribution in [3.05, 3.63) is 64.3 Å². The van der Waals surface area contributed by atoms with Gasteiger partial charge in [0, 0.05) is 11.1 Å². The van der Waals surface area contributed by atoms with Crippen LogP contribution in [0.3, 0.4) is 0 Å². The van der Waals surface area contributed by atoms with Crippen LogP contribution in [0.15, 0.2) is 36.4 Å². The Kier molecular flexibility index (Phi) is 5.31. The molecule has 1 amide bonds. The van der Waals surface area contributed by atoms with E-state index in [1.54, 1.807) is 6.92 Å². The fourth-order valence-electron chi connectivity index (χ4n) is 3.22. The van der Waals surface area contributed by atoms with Crippen LogP contribution < -0.4 is 11.1 Å². The maximum Gasteiger partial charge on any atom is 0.342 e. The van der Waals surface area contributed by atoms with Gasteiger partial charge in [0.2, 0.25) is 0 Å². The number of hydrogen-bond acceptors (Lipinski definition) is 5. The first-order valence-electron chi connectivity index (χ1n) is 9.08. The molecule has 0 fully saturated rings. The van der Waals surface area contributed by atoms with E-state index < -0.39 is 11.9 Å². The minimum atomic E-state index is -0.782. The van der Waals surface area contributed by atoms with Gasteiger partial charge in [-0.15, -0.1) is 0 Å². The van der Waals surface area contributed by atoms with E-state index in [4.69, 9.17) is 10.5 Å². The van der Waals surface area contributed by atoms with E-state index in [1.807, 2.05) is 57.2 Å². The number of para-hydroxylation sites is 1. The van der Waals surface area contributed by atoms with Crippen LogP contribution in [0.1, 0.15) is 44.5 Å². The normalized spacial score (nSPS) is 10.7. The van der Waals surface area contributed by atoms with Crippen LogP contribution in [0.4, 0.5) is 11.4 Å². The Hall–Kier alpha value is -3.41. The highest BCUT2D eigenvalue weighted by atomic mass is 16.5. The Bertz CT molecular complexity index is 1070. The lowest BCUT2D eigenvalue weighted by molar-refractivity contribution is 0.0524. The number of ether oxygens (including phenoxy) is 1. The Labute approximate surface area is 163 Å². The first kappa shape index (κ1) is 19.4. The van der Waals surface area contributed by atoms with Crippen LogP contribution in [0.5, 0.6) is 0 Å². The van der Waals surface area contributed by atoms with Crippen LogP contribution >= 0.6 is 0 Å². The van der Waals surface area contributed by atoms with Crippen LogP contribution in [0.25, 0.3) is 10.9 Å². The maximum absolute atomic E-state index is 12.8. The van der Waals surface area contributed by atoms with Gasteiger partial charge < -0.3 is 15.8 Å². The zero-order valence-corrected chi connectivity index (χ0v) is 16.4. The van der Waals surface area contributed by atoms with Crippen molar-refractivity contribution in [1.29, 1.82) is 0 Å². The Morgan fingerprint density at radius 1 is 1.07 bits per heavy atom. The summed E-state index contributed by atoms with van der Waals surface area (Å²) in [5.41, 5.74) is 10.4. The molecule has 1 heterocycles. The molecule has 0 unspecified atom stereocenters. The Morgan fingerprint density at radius 3 is 2.36 bits per heavy atom. The number of pyridine rings is 1. The molecular formula is C22H23N3O3. The summed E-state index contributed by atoms with van der Waals surface area (Å²) >= 11 is 0. The molecule has 28 heavy (non-hydrogen) atoms. The molecule has 3 N–H and O–H groups in total. The third-order valence-electron chi connectivity index (χ3n) is 4.58. The van der Waals surface area contributed by atoms with Crippen molar-refractivity contribution in [1.82, 2.24) is 4.98 Å². The van der Waals surface area contributed by atoms with E-state index in [2.05, 4.69) is 10.3 Å².